The number of hydrogen-bond acceptors (Lipinski definition) is 7. The Hall–Kier alpha value is -2.26. The van der Waals surface area contributed by atoms with Gasteiger partial charge in [-0.3, -0.25) is 19.8 Å². The van der Waals surface area contributed by atoms with Crippen LogP contribution in [0.5, 0.6) is 0 Å². The minimum absolute atomic E-state index is 0.0200. The summed E-state index contributed by atoms with van der Waals surface area (Å²) in [4.78, 5) is 26.1. The summed E-state index contributed by atoms with van der Waals surface area (Å²) in [5.74, 6) is 0.820. The van der Waals surface area contributed by atoms with E-state index < -0.39 is 11.8 Å². The van der Waals surface area contributed by atoms with Gasteiger partial charge in [-0.25, -0.2) is 0 Å². The second-order valence-electron chi connectivity index (χ2n) is 5.27. The molecule has 0 radical (unpaired) electrons. The molecule has 24 heavy (non-hydrogen) atoms. The molecule has 1 saturated heterocycles. The average Bonchev–Trinajstić information content (AvgIpc) is 3.30. The summed E-state index contributed by atoms with van der Waals surface area (Å²) in [5, 5.41) is 8.59. The summed E-state index contributed by atoms with van der Waals surface area (Å²) >= 11 is 1.91. The fraction of sp³-hybridized carbons (Fsp3) is 0.400. The first-order chi connectivity index (χ1) is 11.7. The number of rotatable bonds is 5. The minimum atomic E-state index is -0.774. The number of amides is 2. The molecule has 1 fully saturated rings. The van der Waals surface area contributed by atoms with E-state index in [-0.39, 0.29) is 11.9 Å². The second kappa shape index (κ2) is 8.02. The Morgan fingerprint density at radius 1 is 1.25 bits per heavy atom. The van der Waals surface area contributed by atoms with Crippen molar-refractivity contribution in [1.82, 2.24) is 15.4 Å². The molecule has 0 unspecified atom stereocenters. The third kappa shape index (κ3) is 4.18. The van der Waals surface area contributed by atoms with Gasteiger partial charge in [-0.2, -0.15) is 11.8 Å². The first-order valence-electron chi connectivity index (χ1n) is 7.57. The van der Waals surface area contributed by atoms with Crippen molar-refractivity contribution in [3.8, 4) is 0 Å². The molecule has 0 aliphatic carbocycles. The molecule has 1 atom stereocenters. The molecular weight excluding hydrogens is 332 g/mol. The zero-order chi connectivity index (χ0) is 16.8. The Bertz CT molecular complexity index is 653. The van der Waals surface area contributed by atoms with Crippen molar-refractivity contribution in [2.75, 3.05) is 36.5 Å². The van der Waals surface area contributed by atoms with Crippen molar-refractivity contribution in [2.45, 2.75) is 6.04 Å². The van der Waals surface area contributed by atoms with E-state index in [0.29, 0.717) is 6.54 Å². The zero-order valence-electron chi connectivity index (χ0n) is 12.9. The molecule has 1 aliphatic rings. The quantitative estimate of drug-likeness (QED) is 0.779. The van der Waals surface area contributed by atoms with Crippen LogP contribution < -0.4 is 10.6 Å². The molecule has 2 aromatic rings. The van der Waals surface area contributed by atoms with Gasteiger partial charge in [-0.05, 0) is 6.07 Å². The second-order valence-corrected chi connectivity index (χ2v) is 6.49. The number of aromatic nitrogens is 1. The standard InChI is InChI=1S/C15H18N4O4S/c20-14(15(21)17-13-2-6-23-18-13)16-9-12(11-1-5-22-10-11)19-3-7-24-8-4-19/h1-2,5-6,10,12H,3-4,7-9H2,(H,16,20)(H,17,18,21)/t12-/m0/s1. The Balaban J connectivity index is 1.58. The Morgan fingerprint density at radius 2 is 2.08 bits per heavy atom. The van der Waals surface area contributed by atoms with E-state index in [9.17, 15) is 9.59 Å². The van der Waals surface area contributed by atoms with Gasteiger partial charge in [0, 0.05) is 42.8 Å². The van der Waals surface area contributed by atoms with Crippen LogP contribution in [-0.2, 0) is 9.59 Å². The minimum Gasteiger partial charge on any atom is -0.472 e. The van der Waals surface area contributed by atoms with E-state index >= 15 is 0 Å². The lowest BCUT2D eigenvalue weighted by Crippen LogP contribution is -2.44. The topological polar surface area (TPSA) is 101 Å². The molecule has 3 rings (SSSR count). The predicted molar refractivity (Wildman–Crippen MR) is 88.5 cm³/mol. The SMILES string of the molecule is O=C(NC[C@@H](c1ccoc1)N1CCSCC1)C(=O)Nc1ccon1. The lowest BCUT2D eigenvalue weighted by atomic mass is 10.1. The van der Waals surface area contributed by atoms with E-state index in [4.69, 9.17) is 4.42 Å². The molecule has 3 heterocycles. The Kier molecular flexibility index (Phi) is 5.55. The fourth-order valence-corrected chi connectivity index (χ4v) is 3.46. The van der Waals surface area contributed by atoms with Gasteiger partial charge in [0.25, 0.3) is 0 Å². The maximum atomic E-state index is 12.0. The van der Waals surface area contributed by atoms with Crippen LogP contribution in [0.25, 0.3) is 0 Å². The van der Waals surface area contributed by atoms with Crippen LogP contribution >= 0.6 is 11.8 Å². The first-order valence-corrected chi connectivity index (χ1v) is 8.73. The summed E-state index contributed by atoms with van der Waals surface area (Å²) in [6.45, 7) is 2.19. The van der Waals surface area contributed by atoms with Crippen LogP contribution in [0.1, 0.15) is 11.6 Å². The molecule has 8 nitrogen and oxygen atoms in total. The number of carbonyl (C=O) groups excluding carboxylic acids is 2. The van der Waals surface area contributed by atoms with E-state index in [1.165, 1.54) is 12.3 Å². The third-order valence-corrected chi connectivity index (χ3v) is 4.70. The summed E-state index contributed by atoms with van der Waals surface area (Å²) in [6, 6.07) is 3.33. The van der Waals surface area contributed by atoms with Gasteiger partial charge >= 0.3 is 11.8 Å². The molecule has 2 N–H and O–H groups in total. The van der Waals surface area contributed by atoms with Gasteiger partial charge in [-0.1, -0.05) is 5.16 Å². The highest BCUT2D eigenvalue weighted by atomic mass is 32.2. The molecule has 9 heteroatoms. The summed E-state index contributed by atoms with van der Waals surface area (Å²) in [5.41, 5.74) is 0.985. The van der Waals surface area contributed by atoms with Crippen molar-refractivity contribution in [3.05, 3.63) is 36.5 Å². The highest BCUT2D eigenvalue weighted by Crippen LogP contribution is 2.24. The van der Waals surface area contributed by atoms with Crippen LogP contribution in [0, 0.1) is 0 Å². The highest BCUT2D eigenvalue weighted by Gasteiger charge is 2.25. The third-order valence-electron chi connectivity index (χ3n) is 3.76. The lowest BCUT2D eigenvalue weighted by molar-refractivity contribution is -0.136. The van der Waals surface area contributed by atoms with Crippen LogP contribution in [0.15, 0.2) is 39.9 Å². The van der Waals surface area contributed by atoms with Crippen molar-refractivity contribution in [1.29, 1.82) is 0 Å². The summed E-state index contributed by atoms with van der Waals surface area (Å²) in [6.07, 6.45) is 4.60. The van der Waals surface area contributed by atoms with E-state index in [0.717, 1.165) is 30.2 Å². The Morgan fingerprint density at radius 3 is 2.75 bits per heavy atom. The average molecular weight is 350 g/mol. The van der Waals surface area contributed by atoms with Gasteiger partial charge < -0.3 is 14.3 Å². The number of anilines is 1. The number of hydrogen-bond donors (Lipinski definition) is 2. The number of nitrogens with zero attached hydrogens (tertiary/aromatic N) is 2. The van der Waals surface area contributed by atoms with Gasteiger partial charge in [0.05, 0.1) is 18.6 Å². The number of carbonyl (C=O) groups is 2. The van der Waals surface area contributed by atoms with Gasteiger partial charge in [0.1, 0.15) is 6.26 Å². The summed E-state index contributed by atoms with van der Waals surface area (Å²) in [7, 11) is 0. The van der Waals surface area contributed by atoms with Gasteiger partial charge in [0.2, 0.25) is 0 Å². The Labute approximate surface area is 142 Å². The first kappa shape index (κ1) is 16.6. The van der Waals surface area contributed by atoms with Crippen LogP contribution in [0.2, 0.25) is 0 Å². The monoisotopic (exact) mass is 350 g/mol. The van der Waals surface area contributed by atoms with Crippen LogP contribution in [0.4, 0.5) is 5.82 Å². The number of furan rings is 1. The largest absolute Gasteiger partial charge is 0.472 e. The molecule has 2 amide bonds. The number of thioether (sulfide) groups is 1. The van der Waals surface area contributed by atoms with Crippen molar-refractivity contribution >= 4 is 29.4 Å². The van der Waals surface area contributed by atoms with E-state index in [2.05, 4.69) is 25.2 Å². The normalized spacial score (nSPS) is 16.5. The molecular formula is C15H18N4O4S. The lowest BCUT2D eigenvalue weighted by Gasteiger charge is -2.33. The van der Waals surface area contributed by atoms with Gasteiger partial charge in [-0.15, -0.1) is 0 Å². The van der Waals surface area contributed by atoms with Crippen LogP contribution in [-0.4, -0.2) is 53.0 Å². The van der Waals surface area contributed by atoms with E-state index in [1.54, 1.807) is 12.5 Å². The molecule has 1 aliphatic heterocycles. The maximum absolute atomic E-state index is 12.0. The molecule has 0 spiro atoms. The molecule has 0 bridgehead atoms. The van der Waals surface area contributed by atoms with Crippen molar-refractivity contribution in [2.24, 2.45) is 0 Å². The smallest absolute Gasteiger partial charge is 0.314 e. The highest BCUT2D eigenvalue weighted by molar-refractivity contribution is 7.99. The van der Waals surface area contributed by atoms with Gasteiger partial charge in [0.15, 0.2) is 5.82 Å². The molecule has 2 aromatic heterocycles. The predicted octanol–water partition coefficient (Wildman–Crippen LogP) is 1.11. The molecule has 128 valence electrons. The summed E-state index contributed by atoms with van der Waals surface area (Å²) < 4.78 is 9.77. The maximum Gasteiger partial charge on any atom is 0.314 e. The fourth-order valence-electron chi connectivity index (χ4n) is 2.53. The molecule has 0 saturated carbocycles. The van der Waals surface area contributed by atoms with E-state index in [1.807, 2.05) is 17.8 Å². The molecule has 0 aromatic carbocycles. The number of nitrogens with one attached hydrogen (secondary N) is 2. The van der Waals surface area contributed by atoms with Crippen molar-refractivity contribution in [3.63, 3.8) is 0 Å². The van der Waals surface area contributed by atoms with Crippen LogP contribution in [0.3, 0.4) is 0 Å². The zero-order valence-corrected chi connectivity index (χ0v) is 13.8. The van der Waals surface area contributed by atoms with Crippen molar-refractivity contribution < 1.29 is 18.5 Å².